The van der Waals surface area contributed by atoms with Gasteiger partial charge in [-0.2, -0.15) is 13.2 Å². The number of piperazine rings is 1. The van der Waals surface area contributed by atoms with Gasteiger partial charge in [-0.3, -0.25) is 14.8 Å². The molecule has 2 saturated heterocycles. The van der Waals surface area contributed by atoms with Crippen molar-refractivity contribution in [2.24, 2.45) is 0 Å². The monoisotopic (exact) mass is 433 g/mol. The van der Waals surface area contributed by atoms with Crippen LogP contribution < -0.4 is 0 Å². The van der Waals surface area contributed by atoms with Gasteiger partial charge in [0.15, 0.2) is 0 Å². The highest BCUT2D eigenvalue weighted by Gasteiger charge is 2.39. The quantitative estimate of drug-likeness (QED) is 0.675. The summed E-state index contributed by atoms with van der Waals surface area (Å²) in [5.41, 5.74) is 1.31. The van der Waals surface area contributed by atoms with Gasteiger partial charge in [-0.15, -0.1) is 0 Å². The van der Waals surface area contributed by atoms with Crippen molar-refractivity contribution in [3.63, 3.8) is 0 Å². The summed E-state index contributed by atoms with van der Waals surface area (Å²) in [5, 5.41) is 0. The molecule has 0 unspecified atom stereocenters. The van der Waals surface area contributed by atoms with Crippen molar-refractivity contribution in [3.05, 3.63) is 65.5 Å². The molecular formula is C24H30F3N3O. The molecule has 1 aromatic heterocycles. The molecule has 3 heterocycles. The van der Waals surface area contributed by atoms with Gasteiger partial charge >= 0.3 is 6.18 Å². The minimum Gasteiger partial charge on any atom is -0.381 e. The highest BCUT2D eigenvalue weighted by molar-refractivity contribution is 5.21. The third kappa shape index (κ3) is 5.64. The molecule has 1 aromatic carbocycles. The molecule has 2 aromatic rings. The summed E-state index contributed by atoms with van der Waals surface area (Å²) in [6.07, 6.45) is 1.41. The molecule has 4 nitrogen and oxygen atoms in total. The highest BCUT2D eigenvalue weighted by Crippen LogP contribution is 2.35. The fourth-order valence-corrected chi connectivity index (χ4v) is 4.85. The van der Waals surface area contributed by atoms with Gasteiger partial charge in [0.2, 0.25) is 0 Å². The van der Waals surface area contributed by atoms with E-state index in [1.807, 2.05) is 6.07 Å². The zero-order chi connectivity index (χ0) is 21.7. The predicted octanol–water partition coefficient (Wildman–Crippen LogP) is 4.40. The lowest BCUT2D eigenvalue weighted by atomic mass is 9.82. The van der Waals surface area contributed by atoms with Crippen LogP contribution in [-0.2, 0) is 23.9 Å². The molecule has 168 valence electrons. The average molecular weight is 434 g/mol. The lowest BCUT2D eigenvalue weighted by Crippen LogP contribution is -2.59. The van der Waals surface area contributed by atoms with Crippen LogP contribution >= 0.6 is 0 Å². The first kappa shape index (κ1) is 22.2. The Hall–Kier alpha value is -1.96. The molecule has 0 saturated carbocycles. The molecule has 2 aliphatic heterocycles. The first-order valence-corrected chi connectivity index (χ1v) is 11.0. The summed E-state index contributed by atoms with van der Waals surface area (Å²) in [7, 11) is 0. The lowest BCUT2D eigenvalue weighted by Gasteiger charge is -2.50. The van der Waals surface area contributed by atoms with E-state index in [-0.39, 0.29) is 5.54 Å². The van der Waals surface area contributed by atoms with Crippen molar-refractivity contribution >= 4 is 0 Å². The Morgan fingerprint density at radius 3 is 2.32 bits per heavy atom. The van der Waals surface area contributed by atoms with Gasteiger partial charge < -0.3 is 4.74 Å². The summed E-state index contributed by atoms with van der Waals surface area (Å²) in [6.45, 7) is 6.35. The van der Waals surface area contributed by atoms with E-state index in [1.165, 1.54) is 11.6 Å². The fraction of sp³-hybridized carbons (Fsp3) is 0.542. The molecule has 7 heteroatoms. The van der Waals surface area contributed by atoms with Crippen LogP contribution in [0.3, 0.4) is 0 Å². The van der Waals surface area contributed by atoms with Gasteiger partial charge in [0.05, 0.1) is 5.56 Å². The molecule has 31 heavy (non-hydrogen) atoms. The summed E-state index contributed by atoms with van der Waals surface area (Å²) in [4.78, 5) is 8.88. The topological polar surface area (TPSA) is 28.6 Å². The number of halogens is 3. The maximum Gasteiger partial charge on any atom is 0.417 e. The Labute approximate surface area is 182 Å². The number of ether oxygens (including phenoxy) is 1. The second-order valence-corrected chi connectivity index (χ2v) is 8.67. The largest absolute Gasteiger partial charge is 0.417 e. The normalized spacial score (nSPS) is 20.6. The first-order chi connectivity index (χ1) is 14.9. The fourth-order valence-electron chi connectivity index (χ4n) is 4.85. The summed E-state index contributed by atoms with van der Waals surface area (Å²) < 4.78 is 44.8. The van der Waals surface area contributed by atoms with Gasteiger partial charge in [0, 0.05) is 63.9 Å². The number of alkyl halides is 3. The number of hydrogen-bond donors (Lipinski definition) is 0. The minimum absolute atomic E-state index is 0.00861. The van der Waals surface area contributed by atoms with Gasteiger partial charge in [0.1, 0.15) is 0 Å². The molecule has 0 radical (unpaired) electrons. The molecule has 2 fully saturated rings. The lowest BCUT2D eigenvalue weighted by molar-refractivity contribution is -0.137. The Bertz CT molecular complexity index is 829. The molecule has 0 spiro atoms. The summed E-state index contributed by atoms with van der Waals surface area (Å²) >= 11 is 0. The van der Waals surface area contributed by atoms with Crippen molar-refractivity contribution in [1.29, 1.82) is 0 Å². The van der Waals surface area contributed by atoms with Crippen LogP contribution in [0, 0.1) is 0 Å². The van der Waals surface area contributed by atoms with Crippen LogP contribution in [0.2, 0.25) is 0 Å². The molecule has 0 amide bonds. The van der Waals surface area contributed by atoms with E-state index in [0.29, 0.717) is 25.2 Å². The van der Waals surface area contributed by atoms with Crippen molar-refractivity contribution in [1.82, 2.24) is 14.8 Å². The van der Waals surface area contributed by atoms with E-state index in [4.69, 9.17) is 4.74 Å². The van der Waals surface area contributed by atoms with Crippen LogP contribution in [0.5, 0.6) is 0 Å². The van der Waals surface area contributed by atoms with Gasteiger partial charge in [-0.05, 0) is 42.9 Å². The Morgan fingerprint density at radius 2 is 1.65 bits per heavy atom. The van der Waals surface area contributed by atoms with Crippen LogP contribution in [0.1, 0.15) is 36.0 Å². The molecule has 4 rings (SSSR count). The minimum atomic E-state index is -4.35. The van der Waals surface area contributed by atoms with Crippen LogP contribution in [-0.4, -0.2) is 59.7 Å². The average Bonchev–Trinajstić information content (AvgIpc) is 2.79. The zero-order valence-electron chi connectivity index (χ0n) is 17.8. The van der Waals surface area contributed by atoms with E-state index in [9.17, 15) is 13.2 Å². The number of aromatic nitrogens is 1. The number of hydrogen-bond acceptors (Lipinski definition) is 4. The highest BCUT2D eigenvalue weighted by atomic mass is 19.4. The van der Waals surface area contributed by atoms with Crippen molar-refractivity contribution in [3.8, 4) is 0 Å². The smallest absolute Gasteiger partial charge is 0.381 e. The first-order valence-electron chi connectivity index (χ1n) is 11.0. The van der Waals surface area contributed by atoms with Gasteiger partial charge in [-0.25, -0.2) is 0 Å². The molecular weight excluding hydrogens is 403 g/mol. The van der Waals surface area contributed by atoms with E-state index >= 15 is 0 Å². The summed E-state index contributed by atoms with van der Waals surface area (Å²) in [5.74, 6) is 0. The number of nitrogens with zero attached hydrogens (tertiary/aromatic N) is 3. The second-order valence-electron chi connectivity index (χ2n) is 8.67. The number of pyridine rings is 1. The SMILES string of the molecule is FC(F)(F)c1cncc(CCC2(N3CCN(Cc4ccccc4)CC3)CCOCC2)c1. The molecule has 0 N–H and O–H groups in total. The van der Waals surface area contributed by atoms with Crippen molar-refractivity contribution in [2.75, 3.05) is 39.4 Å². The van der Waals surface area contributed by atoms with E-state index < -0.39 is 11.7 Å². The Balaban J connectivity index is 1.39. The third-order valence-electron chi connectivity index (χ3n) is 6.72. The van der Waals surface area contributed by atoms with E-state index in [1.54, 1.807) is 6.20 Å². The van der Waals surface area contributed by atoms with E-state index in [0.717, 1.165) is 58.2 Å². The molecule has 2 aliphatic rings. The van der Waals surface area contributed by atoms with Crippen LogP contribution in [0.25, 0.3) is 0 Å². The Morgan fingerprint density at radius 1 is 0.935 bits per heavy atom. The zero-order valence-corrected chi connectivity index (χ0v) is 17.8. The van der Waals surface area contributed by atoms with Crippen molar-refractivity contribution < 1.29 is 17.9 Å². The molecule has 0 bridgehead atoms. The maximum atomic E-state index is 13.1. The standard InChI is InChI=1S/C24H30F3N3O/c25-24(26,27)22-16-21(17-28-18-22)6-7-23(8-14-31-15-9-23)30-12-10-29(11-13-30)19-20-4-2-1-3-5-20/h1-5,16-18H,6-15,19H2. The maximum absolute atomic E-state index is 13.1. The number of aryl methyl sites for hydroxylation is 1. The molecule has 0 atom stereocenters. The van der Waals surface area contributed by atoms with Gasteiger partial charge in [0.25, 0.3) is 0 Å². The second kappa shape index (κ2) is 9.67. The van der Waals surface area contributed by atoms with Gasteiger partial charge in [-0.1, -0.05) is 30.3 Å². The Kier molecular flexibility index (Phi) is 6.94. The van der Waals surface area contributed by atoms with Crippen LogP contribution in [0.4, 0.5) is 13.2 Å². The molecule has 0 aliphatic carbocycles. The predicted molar refractivity (Wildman–Crippen MR) is 114 cm³/mol. The van der Waals surface area contributed by atoms with E-state index in [2.05, 4.69) is 39.0 Å². The van der Waals surface area contributed by atoms with Crippen LogP contribution in [0.15, 0.2) is 48.8 Å². The number of rotatable bonds is 6. The summed E-state index contributed by atoms with van der Waals surface area (Å²) in [6, 6.07) is 11.8. The third-order valence-corrected chi connectivity index (χ3v) is 6.72. The van der Waals surface area contributed by atoms with Crippen molar-refractivity contribution in [2.45, 2.75) is 43.9 Å². The number of benzene rings is 1.